The van der Waals surface area contributed by atoms with Crippen molar-refractivity contribution in [2.75, 3.05) is 46.4 Å². The molecule has 7 nitrogen and oxygen atoms in total. The van der Waals surface area contributed by atoms with Gasteiger partial charge < -0.3 is 28.4 Å². The van der Waals surface area contributed by atoms with Crippen LogP contribution in [0.2, 0.25) is 0 Å². The number of ether oxygens (including phenoxy) is 6. The van der Waals surface area contributed by atoms with Crippen LogP contribution in [-0.2, 0) is 19.0 Å². The third kappa shape index (κ3) is 7.67. The topological polar surface area (TPSA) is 72.5 Å². The van der Waals surface area contributed by atoms with Gasteiger partial charge in [0.2, 0.25) is 0 Å². The van der Waals surface area contributed by atoms with E-state index in [0.717, 1.165) is 74.2 Å². The first-order valence-electron chi connectivity index (χ1n) is 14.5. The van der Waals surface area contributed by atoms with Crippen molar-refractivity contribution in [3.05, 3.63) is 72.3 Å². The van der Waals surface area contributed by atoms with E-state index in [-0.39, 0.29) is 17.6 Å². The molecule has 41 heavy (non-hydrogen) atoms. The summed E-state index contributed by atoms with van der Waals surface area (Å²) < 4.78 is 33.5. The highest BCUT2D eigenvalue weighted by Crippen LogP contribution is 2.36. The molecule has 2 aliphatic heterocycles. The van der Waals surface area contributed by atoms with E-state index in [1.165, 1.54) is 6.08 Å². The SMILES string of the molecule is CCC1(CCOCOc2ccc(OC(=O)/C=C/c3ccc4cc(OCCC5(CC)COC5)ccc4c3)cc2)COC1. The fourth-order valence-corrected chi connectivity index (χ4v) is 5.03. The molecule has 2 fully saturated rings. The Morgan fingerprint density at radius 3 is 2.02 bits per heavy atom. The molecule has 0 radical (unpaired) electrons. The van der Waals surface area contributed by atoms with Crippen molar-refractivity contribution >= 4 is 22.8 Å². The second-order valence-corrected chi connectivity index (χ2v) is 11.2. The summed E-state index contributed by atoms with van der Waals surface area (Å²) >= 11 is 0. The van der Waals surface area contributed by atoms with Crippen molar-refractivity contribution in [3.63, 3.8) is 0 Å². The lowest BCUT2D eigenvalue weighted by Gasteiger charge is -2.40. The number of rotatable bonds is 15. The molecule has 5 rings (SSSR count). The average Bonchev–Trinajstić information content (AvgIpc) is 2.95. The van der Waals surface area contributed by atoms with E-state index in [0.29, 0.717) is 24.7 Å². The summed E-state index contributed by atoms with van der Waals surface area (Å²) in [7, 11) is 0. The minimum Gasteiger partial charge on any atom is -0.494 e. The van der Waals surface area contributed by atoms with E-state index in [1.54, 1.807) is 30.3 Å². The molecule has 3 aromatic carbocycles. The van der Waals surface area contributed by atoms with Gasteiger partial charge in [-0.1, -0.05) is 32.0 Å². The lowest BCUT2D eigenvalue weighted by atomic mass is 9.80. The molecule has 7 heteroatoms. The molecule has 0 aliphatic carbocycles. The Labute approximate surface area is 242 Å². The van der Waals surface area contributed by atoms with E-state index < -0.39 is 5.97 Å². The van der Waals surface area contributed by atoms with Crippen molar-refractivity contribution in [2.45, 2.75) is 39.5 Å². The molecule has 0 aromatic heterocycles. The van der Waals surface area contributed by atoms with E-state index in [2.05, 4.69) is 19.9 Å². The molecule has 2 saturated heterocycles. The summed E-state index contributed by atoms with van der Waals surface area (Å²) in [6.07, 6.45) is 7.38. The van der Waals surface area contributed by atoms with Gasteiger partial charge in [0.1, 0.15) is 17.2 Å². The van der Waals surface area contributed by atoms with Crippen LogP contribution in [0.5, 0.6) is 17.2 Å². The zero-order chi connectivity index (χ0) is 28.5. The Kier molecular flexibility index (Phi) is 9.60. The first-order valence-corrected chi connectivity index (χ1v) is 14.5. The van der Waals surface area contributed by atoms with Crippen LogP contribution in [0.25, 0.3) is 16.8 Å². The summed E-state index contributed by atoms with van der Waals surface area (Å²) in [5.74, 6) is 1.52. The minimum absolute atomic E-state index is 0.179. The van der Waals surface area contributed by atoms with Crippen molar-refractivity contribution in [2.24, 2.45) is 10.8 Å². The van der Waals surface area contributed by atoms with Crippen molar-refractivity contribution in [3.8, 4) is 17.2 Å². The van der Waals surface area contributed by atoms with Crippen LogP contribution in [0.1, 0.15) is 45.1 Å². The molecule has 0 amide bonds. The molecule has 218 valence electrons. The highest BCUT2D eigenvalue weighted by molar-refractivity contribution is 5.91. The molecule has 2 heterocycles. The number of hydrogen-bond donors (Lipinski definition) is 0. The lowest BCUT2D eigenvalue weighted by Crippen LogP contribution is -2.43. The Balaban J connectivity index is 1.04. The molecule has 0 bridgehead atoms. The predicted molar refractivity (Wildman–Crippen MR) is 158 cm³/mol. The number of hydrogen-bond acceptors (Lipinski definition) is 7. The zero-order valence-corrected chi connectivity index (χ0v) is 24.1. The Hall–Kier alpha value is -3.39. The molecule has 0 atom stereocenters. The first-order chi connectivity index (χ1) is 20.0. The maximum absolute atomic E-state index is 12.4. The van der Waals surface area contributed by atoms with E-state index in [9.17, 15) is 4.79 Å². The number of carbonyl (C=O) groups excluding carboxylic acids is 1. The molecular weight excluding hydrogens is 520 g/mol. The number of fused-ring (bicyclic) bond motifs is 1. The molecule has 0 spiro atoms. The van der Waals surface area contributed by atoms with Crippen molar-refractivity contribution in [1.82, 2.24) is 0 Å². The smallest absolute Gasteiger partial charge is 0.336 e. The maximum atomic E-state index is 12.4. The third-order valence-corrected chi connectivity index (χ3v) is 8.41. The Morgan fingerprint density at radius 1 is 0.756 bits per heavy atom. The van der Waals surface area contributed by atoms with Gasteiger partial charge in [-0.05, 0) is 90.6 Å². The maximum Gasteiger partial charge on any atom is 0.336 e. The Bertz CT molecular complexity index is 1310. The molecule has 0 saturated carbocycles. The molecule has 2 aliphatic rings. The van der Waals surface area contributed by atoms with E-state index in [4.69, 9.17) is 28.4 Å². The fraction of sp³-hybridized carbons (Fsp3) is 0.441. The minimum atomic E-state index is -0.447. The van der Waals surface area contributed by atoms with Crippen LogP contribution >= 0.6 is 0 Å². The van der Waals surface area contributed by atoms with Gasteiger partial charge in [0.25, 0.3) is 0 Å². The van der Waals surface area contributed by atoms with Crippen molar-refractivity contribution < 1.29 is 33.2 Å². The second-order valence-electron chi connectivity index (χ2n) is 11.2. The van der Waals surface area contributed by atoms with Gasteiger partial charge in [0.05, 0.1) is 39.6 Å². The lowest BCUT2D eigenvalue weighted by molar-refractivity contribution is -0.132. The fourth-order valence-electron chi connectivity index (χ4n) is 5.03. The summed E-state index contributed by atoms with van der Waals surface area (Å²) in [6.45, 7) is 9.21. The van der Waals surface area contributed by atoms with Gasteiger partial charge in [0.15, 0.2) is 6.79 Å². The highest BCUT2D eigenvalue weighted by Gasteiger charge is 2.37. The van der Waals surface area contributed by atoms with Crippen LogP contribution < -0.4 is 14.2 Å². The van der Waals surface area contributed by atoms with Crippen LogP contribution in [0.4, 0.5) is 0 Å². The van der Waals surface area contributed by atoms with Gasteiger partial charge in [-0.3, -0.25) is 0 Å². The second kappa shape index (κ2) is 13.5. The third-order valence-electron chi connectivity index (χ3n) is 8.41. The molecular formula is C34H40O7. The quantitative estimate of drug-likeness (QED) is 0.0664. The van der Waals surface area contributed by atoms with Gasteiger partial charge in [0, 0.05) is 16.9 Å². The van der Waals surface area contributed by atoms with Gasteiger partial charge in [-0.2, -0.15) is 0 Å². The largest absolute Gasteiger partial charge is 0.494 e. The van der Waals surface area contributed by atoms with Crippen LogP contribution in [0.3, 0.4) is 0 Å². The first kappa shape index (κ1) is 29.1. The number of benzene rings is 3. The average molecular weight is 561 g/mol. The number of esters is 1. The normalized spacial score (nSPS) is 17.1. The zero-order valence-electron chi connectivity index (χ0n) is 24.1. The van der Waals surface area contributed by atoms with Crippen LogP contribution in [0.15, 0.2) is 66.7 Å². The standard InChI is InChI=1S/C34H40O7/c1-3-33(21-37-22-33)15-17-36-25-40-29-10-12-30(13-11-29)41-32(35)14-6-26-5-7-28-20-31(9-8-27(28)19-26)39-18-16-34(4-2)23-38-24-34/h5-14,19-20H,3-4,15-18,21-25H2,1-2H3/b14-6+. The van der Waals surface area contributed by atoms with E-state index in [1.807, 2.05) is 30.3 Å². The molecule has 0 N–H and O–H groups in total. The summed E-state index contributed by atoms with van der Waals surface area (Å²) in [6, 6.07) is 19.1. The number of carbonyl (C=O) groups is 1. The van der Waals surface area contributed by atoms with Gasteiger partial charge in [-0.15, -0.1) is 0 Å². The van der Waals surface area contributed by atoms with E-state index >= 15 is 0 Å². The summed E-state index contributed by atoms with van der Waals surface area (Å²) in [5.41, 5.74) is 1.48. The Morgan fingerprint density at radius 2 is 1.37 bits per heavy atom. The van der Waals surface area contributed by atoms with Gasteiger partial charge >= 0.3 is 5.97 Å². The predicted octanol–water partition coefficient (Wildman–Crippen LogP) is 6.82. The monoisotopic (exact) mass is 560 g/mol. The molecule has 0 unspecified atom stereocenters. The van der Waals surface area contributed by atoms with Crippen LogP contribution in [0, 0.1) is 10.8 Å². The van der Waals surface area contributed by atoms with Crippen LogP contribution in [-0.4, -0.2) is 52.4 Å². The summed E-state index contributed by atoms with van der Waals surface area (Å²) in [4.78, 5) is 12.4. The highest BCUT2D eigenvalue weighted by atomic mass is 16.7. The van der Waals surface area contributed by atoms with Crippen molar-refractivity contribution in [1.29, 1.82) is 0 Å². The van der Waals surface area contributed by atoms with Gasteiger partial charge in [-0.25, -0.2) is 4.79 Å². The summed E-state index contributed by atoms with van der Waals surface area (Å²) in [5, 5.41) is 2.16. The molecule has 3 aromatic rings.